The lowest BCUT2D eigenvalue weighted by Crippen LogP contribution is -1.82. The van der Waals surface area contributed by atoms with Crippen molar-refractivity contribution in [2.24, 2.45) is 0 Å². The summed E-state index contributed by atoms with van der Waals surface area (Å²) in [5.74, 6) is 0. The summed E-state index contributed by atoms with van der Waals surface area (Å²) in [4.78, 5) is 8.35. The third kappa shape index (κ3) is 26.8. The van der Waals surface area contributed by atoms with E-state index in [2.05, 4.69) is 13.8 Å². The molecule has 0 heterocycles. The molecule has 0 amide bonds. The molecule has 2 heteroatoms. The largest absolute Gasteiger partial charge is 0.231 e. The van der Waals surface area contributed by atoms with Gasteiger partial charge < -0.3 is 0 Å². The molecule has 0 aromatic rings. The van der Waals surface area contributed by atoms with Crippen LogP contribution in [0.5, 0.6) is 0 Å². The van der Waals surface area contributed by atoms with E-state index in [1.807, 2.05) is 0 Å². The Balaban J connectivity index is 0. The molecule has 0 saturated heterocycles. The molecule has 0 radical (unpaired) electrons. The third-order valence-electron chi connectivity index (χ3n) is 3.46. The fourth-order valence-electron chi connectivity index (χ4n) is 2.27. The number of nitrogens with one attached hydrogen (secondary N) is 1. The molecule has 1 N–H and O–H groups in total. The van der Waals surface area contributed by atoms with Crippen molar-refractivity contribution >= 4 is 6.08 Å². The second-order valence-corrected chi connectivity index (χ2v) is 5.34. The zero-order chi connectivity index (χ0) is 14.6. The van der Waals surface area contributed by atoms with E-state index in [1.54, 1.807) is 0 Å². The Labute approximate surface area is 120 Å². The Hall–Kier alpha value is -0.620. The number of hydrogen-bond donors (Lipinski definition) is 1. The minimum Gasteiger partial charge on any atom is -0.222 e. The van der Waals surface area contributed by atoms with Gasteiger partial charge in [-0.1, -0.05) is 104 Å². The van der Waals surface area contributed by atoms with Gasteiger partial charge >= 0.3 is 0 Å². The number of rotatable bonds is 13. The van der Waals surface area contributed by atoms with Gasteiger partial charge in [-0.15, -0.1) is 0 Å². The smallest absolute Gasteiger partial charge is 0.222 e. The summed E-state index contributed by atoms with van der Waals surface area (Å²) in [5, 5.41) is 5.40. The van der Waals surface area contributed by atoms with Crippen LogP contribution in [0.1, 0.15) is 104 Å². The van der Waals surface area contributed by atoms with Gasteiger partial charge in [0.2, 0.25) is 6.08 Å². The molecule has 0 rings (SSSR count). The van der Waals surface area contributed by atoms with Crippen LogP contribution in [0, 0.1) is 5.41 Å². The molecule has 0 aliphatic rings. The van der Waals surface area contributed by atoms with Crippen molar-refractivity contribution in [1.82, 2.24) is 0 Å². The summed E-state index contributed by atoms with van der Waals surface area (Å²) in [7, 11) is 0. The van der Waals surface area contributed by atoms with Gasteiger partial charge in [0, 0.05) is 0 Å². The van der Waals surface area contributed by atoms with E-state index in [9.17, 15) is 0 Å². The zero-order valence-electron chi connectivity index (χ0n) is 13.3. The van der Waals surface area contributed by atoms with Crippen LogP contribution in [0.3, 0.4) is 0 Å². The Morgan fingerprint density at radius 2 is 0.737 bits per heavy atom. The topological polar surface area (TPSA) is 40.9 Å². The minimum atomic E-state index is 0.750. The number of isocyanates is 1. The maximum absolute atomic E-state index is 8.35. The molecule has 0 unspecified atom stereocenters. The van der Waals surface area contributed by atoms with E-state index >= 15 is 0 Å². The minimum absolute atomic E-state index is 0.750. The lowest BCUT2D eigenvalue weighted by molar-refractivity contribution is 0.538. The van der Waals surface area contributed by atoms with Crippen LogP contribution in [0.4, 0.5) is 0 Å². The molecule has 2 nitrogen and oxygen atoms in total. The van der Waals surface area contributed by atoms with Crippen molar-refractivity contribution in [3.8, 4) is 0 Å². The Bertz CT molecular complexity index is 160. The predicted octanol–water partition coefficient (Wildman–Crippen LogP) is 6.39. The highest BCUT2D eigenvalue weighted by Gasteiger charge is 1.92. The lowest BCUT2D eigenvalue weighted by Gasteiger charge is -2.02. The molecule has 0 aromatic carbocycles. The van der Waals surface area contributed by atoms with E-state index in [4.69, 9.17) is 10.2 Å². The van der Waals surface area contributed by atoms with Gasteiger partial charge in [-0.2, -0.15) is 0 Å². The van der Waals surface area contributed by atoms with Crippen molar-refractivity contribution in [2.45, 2.75) is 104 Å². The Morgan fingerprint density at radius 3 is 0.895 bits per heavy atom. The van der Waals surface area contributed by atoms with Gasteiger partial charge in [0.15, 0.2) is 0 Å². The molecule has 114 valence electrons. The molecule has 0 spiro atoms. The Morgan fingerprint density at radius 1 is 0.579 bits per heavy atom. The molecule has 0 saturated carbocycles. The zero-order valence-corrected chi connectivity index (χ0v) is 13.3. The molecule has 19 heavy (non-hydrogen) atoms. The first-order valence-electron chi connectivity index (χ1n) is 8.37. The van der Waals surface area contributed by atoms with Gasteiger partial charge in [0.25, 0.3) is 0 Å². The van der Waals surface area contributed by atoms with E-state index in [0.29, 0.717) is 0 Å². The van der Waals surface area contributed by atoms with Crippen LogP contribution >= 0.6 is 0 Å². The first-order chi connectivity index (χ1) is 9.33. The SMILES string of the molecule is CCCCCCCCCCCCCCCC.N=C=O. The maximum Gasteiger partial charge on any atom is 0.231 e. The van der Waals surface area contributed by atoms with Crippen molar-refractivity contribution in [3.63, 3.8) is 0 Å². The summed E-state index contributed by atoms with van der Waals surface area (Å²) in [6.45, 7) is 4.58. The van der Waals surface area contributed by atoms with Gasteiger partial charge in [0.1, 0.15) is 0 Å². The average molecular weight is 269 g/mol. The first kappa shape index (κ1) is 20.7. The highest BCUT2D eigenvalue weighted by molar-refractivity contribution is 5.26. The van der Waals surface area contributed by atoms with Gasteiger partial charge in [-0.05, 0) is 0 Å². The van der Waals surface area contributed by atoms with Gasteiger partial charge in [0.05, 0.1) is 0 Å². The molecule has 0 bridgehead atoms. The molecular weight excluding hydrogens is 234 g/mol. The van der Waals surface area contributed by atoms with Crippen LogP contribution in [-0.4, -0.2) is 6.08 Å². The van der Waals surface area contributed by atoms with E-state index < -0.39 is 0 Å². The van der Waals surface area contributed by atoms with E-state index in [1.165, 1.54) is 89.9 Å². The van der Waals surface area contributed by atoms with Crippen LogP contribution in [0.2, 0.25) is 0 Å². The summed E-state index contributed by atoms with van der Waals surface area (Å²) >= 11 is 0. The van der Waals surface area contributed by atoms with E-state index in [0.717, 1.165) is 6.08 Å². The summed E-state index contributed by atoms with van der Waals surface area (Å²) < 4.78 is 0. The molecular formula is C17H35NO. The monoisotopic (exact) mass is 269 g/mol. The predicted molar refractivity (Wildman–Crippen MR) is 84.4 cm³/mol. The van der Waals surface area contributed by atoms with Crippen LogP contribution in [0.15, 0.2) is 0 Å². The lowest BCUT2D eigenvalue weighted by atomic mass is 10.0. The second kappa shape index (κ2) is 22.6. The quantitative estimate of drug-likeness (QED) is 0.235. The van der Waals surface area contributed by atoms with Crippen LogP contribution in [0.25, 0.3) is 0 Å². The van der Waals surface area contributed by atoms with Crippen LogP contribution in [-0.2, 0) is 4.79 Å². The van der Waals surface area contributed by atoms with Crippen LogP contribution < -0.4 is 0 Å². The third-order valence-corrected chi connectivity index (χ3v) is 3.46. The molecule has 0 aliphatic carbocycles. The number of hydrogen-bond acceptors (Lipinski definition) is 2. The summed E-state index contributed by atoms with van der Waals surface area (Å²) in [6.07, 6.45) is 21.2. The maximum atomic E-state index is 8.35. The fourth-order valence-corrected chi connectivity index (χ4v) is 2.27. The summed E-state index contributed by atoms with van der Waals surface area (Å²) in [5.41, 5.74) is 0. The highest BCUT2D eigenvalue weighted by Crippen LogP contribution is 2.12. The summed E-state index contributed by atoms with van der Waals surface area (Å²) in [6, 6.07) is 0. The van der Waals surface area contributed by atoms with Crippen molar-refractivity contribution in [2.75, 3.05) is 0 Å². The van der Waals surface area contributed by atoms with E-state index in [-0.39, 0.29) is 0 Å². The highest BCUT2D eigenvalue weighted by atomic mass is 16.1. The average Bonchev–Trinajstić information content (AvgIpc) is 2.41. The van der Waals surface area contributed by atoms with Gasteiger partial charge in [-0.25, -0.2) is 10.2 Å². The van der Waals surface area contributed by atoms with Gasteiger partial charge in [-0.3, -0.25) is 0 Å². The van der Waals surface area contributed by atoms with Crippen molar-refractivity contribution in [1.29, 1.82) is 5.41 Å². The fraction of sp³-hybridized carbons (Fsp3) is 0.941. The standard InChI is InChI=1S/C16H34.CHNO/c1-3-5-7-9-11-13-15-16-14-12-10-8-6-4-2;2-1-3/h3-16H2,1-2H3;2H. The second-order valence-electron chi connectivity index (χ2n) is 5.34. The van der Waals surface area contributed by atoms with Crippen molar-refractivity contribution in [3.05, 3.63) is 0 Å². The van der Waals surface area contributed by atoms with Crippen molar-refractivity contribution < 1.29 is 4.79 Å². The number of unbranched alkanes of at least 4 members (excludes halogenated alkanes) is 13. The molecule has 0 aliphatic heterocycles. The first-order valence-corrected chi connectivity index (χ1v) is 8.37. The normalized spacial score (nSPS) is 9.58. The molecule has 0 atom stereocenters. The molecule has 0 fully saturated rings. The Kier molecular flexibility index (Phi) is 24.6. The molecule has 0 aromatic heterocycles. The number of carbonyl (C=O) groups excluding carboxylic acids is 1.